The Morgan fingerprint density at radius 3 is 2.65 bits per heavy atom. The first kappa shape index (κ1) is 15.1. The Kier molecular flexibility index (Phi) is 4.51. The van der Waals surface area contributed by atoms with Gasteiger partial charge in [-0.1, -0.05) is 6.07 Å². The fourth-order valence-corrected chi connectivity index (χ4v) is 2.21. The van der Waals surface area contributed by atoms with Crippen LogP contribution in [0.5, 0.6) is 0 Å². The van der Waals surface area contributed by atoms with Gasteiger partial charge in [-0.05, 0) is 57.4 Å². The molecule has 0 amide bonds. The third-order valence-electron chi connectivity index (χ3n) is 3.47. The lowest BCUT2D eigenvalue weighted by Crippen LogP contribution is -2.35. The molecule has 0 bridgehead atoms. The molecule has 0 fully saturated rings. The highest BCUT2D eigenvalue weighted by atomic mass is 16.5. The number of hydrogen-bond donors (Lipinski definition) is 1. The Morgan fingerprint density at radius 1 is 1.25 bits per heavy atom. The fourth-order valence-electron chi connectivity index (χ4n) is 2.21. The summed E-state index contributed by atoms with van der Waals surface area (Å²) in [4.78, 5) is 0. The van der Waals surface area contributed by atoms with E-state index >= 15 is 0 Å². The number of methoxy groups -OCH3 is 1. The number of fused-ring (bicyclic) bond motifs is 1. The number of rotatable bonds is 5. The van der Waals surface area contributed by atoms with Crippen molar-refractivity contribution in [1.29, 1.82) is 0 Å². The van der Waals surface area contributed by atoms with Crippen LogP contribution in [-0.4, -0.2) is 19.3 Å². The van der Waals surface area contributed by atoms with Gasteiger partial charge in [0.1, 0.15) is 11.3 Å². The molecule has 1 heterocycles. The molecule has 0 radical (unpaired) electrons. The van der Waals surface area contributed by atoms with E-state index in [2.05, 4.69) is 51.2 Å². The largest absolute Gasteiger partial charge is 0.459 e. The van der Waals surface area contributed by atoms with Gasteiger partial charge in [-0.3, -0.25) is 0 Å². The molecule has 3 nitrogen and oxygen atoms in total. The van der Waals surface area contributed by atoms with Crippen molar-refractivity contribution >= 4 is 11.0 Å². The van der Waals surface area contributed by atoms with Gasteiger partial charge in [-0.15, -0.1) is 0 Å². The molecule has 2 rings (SSSR count). The lowest BCUT2D eigenvalue weighted by molar-refractivity contribution is 0.202. The molecule has 1 aromatic heterocycles. The zero-order valence-electron chi connectivity index (χ0n) is 13.2. The molecule has 0 saturated carbocycles. The Morgan fingerprint density at radius 2 is 2.00 bits per heavy atom. The molecule has 0 aliphatic carbocycles. The van der Waals surface area contributed by atoms with Gasteiger partial charge in [-0.2, -0.15) is 0 Å². The van der Waals surface area contributed by atoms with Gasteiger partial charge in [0.25, 0.3) is 0 Å². The van der Waals surface area contributed by atoms with Crippen molar-refractivity contribution in [1.82, 2.24) is 5.32 Å². The summed E-state index contributed by atoms with van der Waals surface area (Å²) in [5.41, 5.74) is 3.58. The van der Waals surface area contributed by atoms with Gasteiger partial charge in [0.15, 0.2) is 0 Å². The van der Waals surface area contributed by atoms with Gasteiger partial charge in [0, 0.05) is 18.0 Å². The quantitative estimate of drug-likeness (QED) is 0.901. The first-order valence-electron chi connectivity index (χ1n) is 7.15. The van der Waals surface area contributed by atoms with E-state index in [1.165, 1.54) is 16.5 Å². The third-order valence-corrected chi connectivity index (χ3v) is 3.47. The van der Waals surface area contributed by atoms with Crippen LogP contribution in [0.1, 0.15) is 37.7 Å². The monoisotopic (exact) mass is 275 g/mol. The van der Waals surface area contributed by atoms with Crippen molar-refractivity contribution in [2.24, 2.45) is 0 Å². The Hall–Kier alpha value is -1.32. The summed E-state index contributed by atoms with van der Waals surface area (Å²) in [7, 11) is 1.73. The number of furan rings is 1. The molecule has 0 atom stereocenters. The molecule has 3 heteroatoms. The van der Waals surface area contributed by atoms with Gasteiger partial charge in [0.05, 0.1) is 13.2 Å². The minimum absolute atomic E-state index is 0.0923. The Bertz CT molecular complexity index is 578. The zero-order valence-corrected chi connectivity index (χ0v) is 13.2. The summed E-state index contributed by atoms with van der Waals surface area (Å²) < 4.78 is 11.1. The van der Waals surface area contributed by atoms with Crippen LogP contribution in [0.2, 0.25) is 0 Å². The molecular formula is C17H25NO2. The van der Waals surface area contributed by atoms with Crippen molar-refractivity contribution < 1.29 is 9.15 Å². The van der Waals surface area contributed by atoms with E-state index < -0.39 is 0 Å². The summed E-state index contributed by atoms with van der Waals surface area (Å²) >= 11 is 0. The lowest BCUT2D eigenvalue weighted by Gasteiger charge is -2.19. The molecule has 20 heavy (non-hydrogen) atoms. The van der Waals surface area contributed by atoms with Crippen LogP contribution < -0.4 is 5.32 Å². The Balaban J connectivity index is 2.23. The molecule has 0 aliphatic heterocycles. The van der Waals surface area contributed by atoms with Crippen LogP contribution in [0.25, 0.3) is 11.0 Å². The maximum Gasteiger partial charge on any atom is 0.134 e. The fraction of sp³-hybridized carbons (Fsp3) is 0.529. The summed E-state index contributed by atoms with van der Waals surface area (Å²) in [6.45, 7) is 10.1. The number of hydrogen-bond acceptors (Lipinski definition) is 3. The maximum absolute atomic E-state index is 5.96. The highest BCUT2D eigenvalue weighted by Crippen LogP contribution is 2.26. The van der Waals surface area contributed by atoms with Crippen LogP contribution in [-0.2, 0) is 17.7 Å². The van der Waals surface area contributed by atoms with Gasteiger partial charge < -0.3 is 14.5 Å². The highest BCUT2D eigenvalue weighted by Gasteiger charge is 2.14. The highest BCUT2D eigenvalue weighted by molar-refractivity contribution is 5.82. The summed E-state index contributed by atoms with van der Waals surface area (Å²) in [6, 6.07) is 6.40. The van der Waals surface area contributed by atoms with E-state index in [9.17, 15) is 0 Å². The number of benzene rings is 1. The molecule has 2 aromatic rings. The Labute approximate surface area is 121 Å². The van der Waals surface area contributed by atoms with Crippen LogP contribution in [0.15, 0.2) is 22.6 Å². The summed E-state index contributed by atoms with van der Waals surface area (Å²) in [5, 5.41) is 4.69. The van der Waals surface area contributed by atoms with E-state index in [0.717, 1.165) is 30.9 Å². The zero-order chi connectivity index (χ0) is 14.8. The SMILES string of the molecule is COCCc1ccc2oc(CNC(C)(C)C)c(C)c2c1. The minimum Gasteiger partial charge on any atom is -0.459 e. The molecule has 1 N–H and O–H groups in total. The molecule has 0 spiro atoms. The number of ether oxygens (including phenoxy) is 1. The van der Waals surface area contributed by atoms with Crippen LogP contribution in [0.3, 0.4) is 0 Å². The maximum atomic E-state index is 5.96. The molecule has 0 unspecified atom stereocenters. The topological polar surface area (TPSA) is 34.4 Å². The number of nitrogens with one attached hydrogen (secondary N) is 1. The summed E-state index contributed by atoms with van der Waals surface area (Å²) in [6.07, 6.45) is 0.937. The molecule has 0 aliphatic rings. The molecule has 110 valence electrons. The van der Waals surface area contributed by atoms with E-state index in [0.29, 0.717) is 0 Å². The predicted octanol–water partition coefficient (Wildman–Crippen LogP) is 3.82. The smallest absolute Gasteiger partial charge is 0.134 e. The average molecular weight is 275 g/mol. The number of aryl methyl sites for hydroxylation is 1. The van der Waals surface area contributed by atoms with Gasteiger partial charge in [-0.25, -0.2) is 0 Å². The van der Waals surface area contributed by atoms with E-state index in [1.807, 2.05) is 0 Å². The van der Waals surface area contributed by atoms with Crippen molar-refractivity contribution in [3.8, 4) is 0 Å². The molecule has 0 saturated heterocycles. The lowest BCUT2D eigenvalue weighted by atomic mass is 10.1. The normalized spacial score (nSPS) is 12.2. The minimum atomic E-state index is 0.0923. The first-order chi connectivity index (χ1) is 9.40. The standard InChI is InChI=1S/C17H25NO2/c1-12-14-10-13(8-9-19-5)6-7-15(14)20-16(12)11-18-17(2,3)4/h6-7,10,18H,8-9,11H2,1-5H3. The van der Waals surface area contributed by atoms with Crippen LogP contribution >= 0.6 is 0 Å². The second-order valence-corrected chi connectivity index (χ2v) is 6.33. The average Bonchev–Trinajstić information content (AvgIpc) is 2.70. The van der Waals surface area contributed by atoms with Crippen molar-refractivity contribution in [3.63, 3.8) is 0 Å². The van der Waals surface area contributed by atoms with Gasteiger partial charge >= 0.3 is 0 Å². The molecule has 1 aromatic carbocycles. The van der Waals surface area contributed by atoms with E-state index in [1.54, 1.807) is 7.11 Å². The van der Waals surface area contributed by atoms with Crippen molar-refractivity contribution in [2.45, 2.75) is 46.2 Å². The third kappa shape index (κ3) is 3.62. The second-order valence-electron chi connectivity index (χ2n) is 6.33. The molecular weight excluding hydrogens is 250 g/mol. The van der Waals surface area contributed by atoms with Crippen LogP contribution in [0, 0.1) is 6.92 Å². The summed E-state index contributed by atoms with van der Waals surface area (Å²) in [5.74, 6) is 1.03. The van der Waals surface area contributed by atoms with E-state index in [4.69, 9.17) is 9.15 Å². The first-order valence-corrected chi connectivity index (χ1v) is 7.15. The second kappa shape index (κ2) is 5.98. The predicted molar refractivity (Wildman–Crippen MR) is 83.1 cm³/mol. The van der Waals surface area contributed by atoms with Crippen molar-refractivity contribution in [2.75, 3.05) is 13.7 Å². The van der Waals surface area contributed by atoms with E-state index in [-0.39, 0.29) is 5.54 Å². The van der Waals surface area contributed by atoms with Crippen molar-refractivity contribution in [3.05, 3.63) is 35.1 Å². The van der Waals surface area contributed by atoms with Crippen LogP contribution in [0.4, 0.5) is 0 Å². The van der Waals surface area contributed by atoms with Gasteiger partial charge in [0.2, 0.25) is 0 Å².